The van der Waals surface area contributed by atoms with Crippen molar-refractivity contribution in [3.8, 4) is 11.5 Å². The van der Waals surface area contributed by atoms with Gasteiger partial charge in [-0.3, -0.25) is 4.79 Å². The molecule has 6 heteroatoms. The number of nitrogens with one attached hydrogen (secondary N) is 1. The molecule has 5 nitrogen and oxygen atoms in total. The molecule has 1 saturated carbocycles. The second kappa shape index (κ2) is 7.70. The van der Waals surface area contributed by atoms with Gasteiger partial charge in [-0.25, -0.2) is 0 Å². The van der Waals surface area contributed by atoms with E-state index in [4.69, 9.17) is 9.47 Å². The number of hydrogen-bond acceptors (Lipinski definition) is 4. The van der Waals surface area contributed by atoms with Crippen LogP contribution in [0.15, 0.2) is 24.3 Å². The van der Waals surface area contributed by atoms with Crippen LogP contribution in [0.3, 0.4) is 0 Å². The molecule has 1 fully saturated rings. The Morgan fingerprint density at radius 3 is 2.77 bits per heavy atom. The largest absolute Gasteiger partial charge is 0.486 e. The topological polar surface area (TPSA) is 50.8 Å². The predicted octanol–water partition coefficient (Wildman–Crippen LogP) is 1.71. The van der Waals surface area contributed by atoms with E-state index in [0.717, 1.165) is 24.0 Å². The number of nitrogens with zero attached hydrogens (tertiary/aromatic N) is 1. The predicted molar refractivity (Wildman–Crippen MR) is 86.8 cm³/mol. The highest BCUT2D eigenvalue weighted by Crippen LogP contribution is 2.31. The smallest absolute Gasteiger partial charge is 0.236 e. The zero-order chi connectivity index (χ0) is 14.7. The highest BCUT2D eigenvalue weighted by atomic mass is 35.5. The van der Waals surface area contributed by atoms with Crippen LogP contribution in [0.5, 0.6) is 11.5 Å². The summed E-state index contributed by atoms with van der Waals surface area (Å²) < 4.78 is 11.5. The van der Waals surface area contributed by atoms with Crippen LogP contribution in [0, 0.1) is 5.92 Å². The van der Waals surface area contributed by atoms with Crippen LogP contribution < -0.4 is 14.8 Å². The first-order valence-electron chi connectivity index (χ1n) is 7.55. The van der Waals surface area contributed by atoms with Gasteiger partial charge in [0.05, 0.1) is 13.1 Å². The zero-order valence-electron chi connectivity index (χ0n) is 12.8. The van der Waals surface area contributed by atoms with E-state index in [0.29, 0.717) is 19.7 Å². The maximum absolute atomic E-state index is 12.0. The van der Waals surface area contributed by atoms with Gasteiger partial charge in [-0.05, 0) is 37.4 Å². The Kier molecular flexibility index (Phi) is 5.91. The standard InChI is InChI=1S/C16H22N2O3.ClH/c1-18(16(19)9-17-8-12-6-7-12)10-13-11-20-14-4-2-3-5-15(14)21-13;/h2-5,12-13,17H,6-11H2,1H3;1H. The molecular formula is C16H23ClN2O3. The van der Waals surface area contributed by atoms with Crippen LogP contribution >= 0.6 is 12.4 Å². The Morgan fingerprint density at radius 2 is 2.05 bits per heavy atom. The number of ether oxygens (including phenoxy) is 2. The molecule has 22 heavy (non-hydrogen) atoms. The van der Waals surface area contributed by atoms with Crippen molar-refractivity contribution in [2.24, 2.45) is 5.92 Å². The van der Waals surface area contributed by atoms with Crippen LogP contribution in [0.4, 0.5) is 0 Å². The quantitative estimate of drug-likeness (QED) is 0.864. The molecule has 3 rings (SSSR count). The van der Waals surface area contributed by atoms with Gasteiger partial charge in [0.2, 0.25) is 5.91 Å². The number of hydrogen-bond donors (Lipinski definition) is 1. The minimum Gasteiger partial charge on any atom is -0.486 e. The molecule has 1 amide bonds. The van der Waals surface area contributed by atoms with Gasteiger partial charge in [0, 0.05) is 7.05 Å². The van der Waals surface area contributed by atoms with Crippen molar-refractivity contribution in [1.82, 2.24) is 10.2 Å². The first-order chi connectivity index (χ1) is 10.2. The molecule has 1 heterocycles. The molecular weight excluding hydrogens is 304 g/mol. The molecule has 1 N–H and O–H groups in total. The highest BCUT2D eigenvalue weighted by Gasteiger charge is 2.24. The molecule has 0 aromatic heterocycles. The highest BCUT2D eigenvalue weighted by molar-refractivity contribution is 5.85. The lowest BCUT2D eigenvalue weighted by Gasteiger charge is -2.29. The summed E-state index contributed by atoms with van der Waals surface area (Å²) in [5, 5.41) is 3.22. The van der Waals surface area contributed by atoms with Gasteiger partial charge in [0.1, 0.15) is 6.61 Å². The Balaban J connectivity index is 0.00000176. The number of fused-ring (bicyclic) bond motifs is 1. The summed E-state index contributed by atoms with van der Waals surface area (Å²) in [5.41, 5.74) is 0. The summed E-state index contributed by atoms with van der Waals surface area (Å²) in [6, 6.07) is 7.62. The van der Waals surface area contributed by atoms with Crippen molar-refractivity contribution >= 4 is 18.3 Å². The second-order valence-electron chi connectivity index (χ2n) is 5.85. The molecule has 1 aliphatic heterocycles. The molecule has 1 aliphatic carbocycles. The summed E-state index contributed by atoms with van der Waals surface area (Å²) in [6.07, 6.45) is 2.48. The fourth-order valence-electron chi connectivity index (χ4n) is 2.40. The number of benzene rings is 1. The van der Waals surface area contributed by atoms with E-state index in [2.05, 4.69) is 5.32 Å². The number of rotatable bonds is 6. The zero-order valence-corrected chi connectivity index (χ0v) is 13.6. The summed E-state index contributed by atoms with van der Waals surface area (Å²) >= 11 is 0. The van der Waals surface area contributed by atoms with Crippen LogP contribution in [-0.4, -0.2) is 50.2 Å². The van der Waals surface area contributed by atoms with E-state index < -0.39 is 0 Å². The lowest BCUT2D eigenvalue weighted by molar-refractivity contribution is -0.130. The van der Waals surface area contributed by atoms with E-state index >= 15 is 0 Å². The average molecular weight is 327 g/mol. The molecule has 1 aromatic rings. The average Bonchev–Trinajstić information content (AvgIpc) is 3.31. The van der Waals surface area contributed by atoms with Crippen molar-refractivity contribution in [2.75, 3.05) is 33.3 Å². The first kappa shape index (κ1) is 16.9. The summed E-state index contributed by atoms with van der Waals surface area (Å²) in [4.78, 5) is 13.7. The van der Waals surface area contributed by atoms with Gasteiger partial charge in [0.15, 0.2) is 17.6 Å². The van der Waals surface area contributed by atoms with Crippen molar-refractivity contribution < 1.29 is 14.3 Å². The van der Waals surface area contributed by atoms with Crippen molar-refractivity contribution in [2.45, 2.75) is 18.9 Å². The molecule has 2 aliphatic rings. The second-order valence-corrected chi connectivity index (χ2v) is 5.85. The van der Waals surface area contributed by atoms with Gasteiger partial charge < -0.3 is 19.7 Å². The number of carbonyl (C=O) groups excluding carboxylic acids is 1. The van der Waals surface area contributed by atoms with E-state index in [1.165, 1.54) is 12.8 Å². The molecule has 0 saturated heterocycles. The Labute approximate surface area is 137 Å². The van der Waals surface area contributed by atoms with E-state index in [9.17, 15) is 4.79 Å². The third kappa shape index (κ3) is 4.52. The van der Waals surface area contributed by atoms with Crippen molar-refractivity contribution in [3.63, 3.8) is 0 Å². The molecule has 0 radical (unpaired) electrons. The lowest BCUT2D eigenvalue weighted by Crippen LogP contribution is -2.44. The molecule has 1 aromatic carbocycles. The SMILES string of the molecule is CN(CC1COc2ccccc2O1)C(=O)CNCC1CC1.Cl. The number of carbonyl (C=O) groups is 1. The fraction of sp³-hybridized carbons (Fsp3) is 0.562. The van der Waals surface area contributed by atoms with Crippen molar-refractivity contribution in [1.29, 1.82) is 0 Å². The summed E-state index contributed by atoms with van der Waals surface area (Å²) in [6.45, 7) is 2.37. The Morgan fingerprint density at radius 1 is 1.32 bits per heavy atom. The number of amides is 1. The summed E-state index contributed by atoms with van der Waals surface area (Å²) in [5.74, 6) is 2.41. The van der Waals surface area contributed by atoms with E-state index in [-0.39, 0.29) is 24.4 Å². The van der Waals surface area contributed by atoms with Crippen LogP contribution in [0.2, 0.25) is 0 Å². The minimum atomic E-state index is -0.114. The van der Waals surface area contributed by atoms with Gasteiger partial charge in [-0.1, -0.05) is 12.1 Å². The van der Waals surface area contributed by atoms with Gasteiger partial charge in [0.25, 0.3) is 0 Å². The van der Waals surface area contributed by atoms with Gasteiger partial charge >= 0.3 is 0 Å². The van der Waals surface area contributed by atoms with E-state index in [1.807, 2.05) is 31.3 Å². The maximum Gasteiger partial charge on any atom is 0.236 e. The molecule has 1 atom stereocenters. The number of para-hydroxylation sites is 2. The lowest BCUT2D eigenvalue weighted by atomic mass is 10.2. The Hall–Kier alpha value is -1.46. The minimum absolute atomic E-state index is 0. The normalized spacial score (nSPS) is 19.2. The molecule has 0 spiro atoms. The third-order valence-electron chi connectivity index (χ3n) is 3.88. The maximum atomic E-state index is 12.0. The molecule has 122 valence electrons. The van der Waals surface area contributed by atoms with Gasteiger partial charge in [-0.2, -0.15) is 0 Å². The van der Waals surface area contributed by atoms with Gasteiger partial charge in [-0.15, -0.1) is 12.4 Å². The number of halogens is 1. The van der Waals surface area contributed by atoms with Crippen LogP contribution in [-0.2, 0) is 4.79 Å². The molecule has 0 bridgehead atoms. The Bertz CT molecular complexity index is 508. The monoisotopic (exact) mass is 326 g/mol. The first-order valence-corrected chi connectivity index (χ1v) is 7.55. The van der Waals surface area contributed by atoms with Crippen LogP contribution in [0.1, 0.15) is 12.8 Å². The van der Waals surface area contributed by atoms with E-state index in [1.54, 1.807) is 4.90 Å². The van der Waals surface area contributed by atoms with Crippen molar-refractivity contribution in [3.05, 3.63) is 24.3 Å². The third-order valence-corrected chi connectivity index (χ3v) is 3.88. The fourth-order valence-corrected chi connectivity index (χ4v) is 2.40. The number of likely N-dealkylation sites (N-methyl/N-ethyl adjacent to an activating group) is 1. The molecule has 1 unspecified atom stereocenters. The van der Waals surface area contributed by atoms with Crippen LogP contribution in [0.25, 0.3) is 0 Å². The summed E-state index contributed by atoms with van der Waals surface area (Å²) in [7, 11) is 1.81.